The molecule has 1 saturated heterocycles. The Labute approximate surface area is 119 Å². The molecule has 1 heterocycles. The number of hydrogen-bond acceptors (Lipinski definition) is 2. The largest absolute Gasteiger partial charge is 0.369 e. The van der Waals surface area contributed by atoms with Crippen molar-refractivity contribution in [2.75, 3.05) is 0 Å². The summed E-state index contributed by atoms with van der Waals surface area (Å²) in [6.45, 7) is 8.02. The highest BCUT2D eigenvalue weighted by Crippen LogP contribution is 2.43. The van der Waals surface area contributed by atoms with Crippen molar-refractivity contribution in [3.05, 3.63) is 35.4 Å². The zero-order chi connectivity index (χ0) is 15.1. The predicted molar refractivity (Wildman–Crippen MR) is 75.4 cm³/mol. The molecule has 2 rings (SSSR count). The van der Waals surface area contributed by atoms with E-state index in [2.05, 4.69) is 0 Å². The van der Waals surface area contributed by atoms with Crippen molar-refractivity contribution >= 4 is 0 Å². The van der Waals surface area contributed by atoms with Crippen LogP contribution >= 0.6 is 0 Å². The Bertz CT molecular complexity index is 479. The molecule has 0 spiro atoms. The van der Waals surface area contributed by atoms with E-state index in [1.165, 1.54) is 18.2 Å². The van der Waals surface area contributed by atoms with Gasteiger partial charge in [0, 0.05) is 17.5 Å². The van der Waals surface area contributed by atoms with Crippen molar-refractivity contribution in [3.63, 3.8) is 0 Å². The molecule has 4 heteroatoms. The second kappa shape index (κ2) is 5.08. The molecule has 1 aliphatic heterocycles. The number of ether oxygens (including phenoxy) is 1. The first-order chi connectivity index (χ1) is 9.12. The number of nitrogens with two attached hydrogens (primary N) is 1. The van der Waals surface area contributed by atoms with E-state index in [0.29, 0.717) is 0 Å². The second-order valence-corrected chi connectivity index (χ2v) is 6.84. The highest BCUT2D eigenvalue weighted by molar-refractivity contribution is 5.21. The van der Waals surface area contributed by atoms with E-state index in [1.807, 2.05) is 27.7 Å². The second-order valence-electron chi connectivity index (χ2n) is 6.84. The molecule has 1 aliphatic rings. The minimum Gasteiger partial charge on any atom is -0.369 e. The maximum Gasteiger partial charge on any atom is 0.129 e. The standard InChI is InChI=1S/C16H23F2NO/c1-15(2)9-11(16(3,4)20-15)14(19)8-10-12(17)6-5-7-13(10)18/h5-7,11,14H,8-9,19H2,1-4H3. The van der Waals surface area contributed by atoms with Crippen LogP contribution in [0.2, 0.25) is 0 Å². The monoisotopic (exact) mass is 283 g/mol. The van der Waals surface area contributed by atoms with Crippen LogP contribution in [0.1, 0.15) is 39.7 Å². The van der Waals surface area contributed by atoms with Gasteiger partial charge in [-0.1, -0.05) is 6.07 Å². The number of rotatable bonds is 3. The van der Waals surface area contributed by atoms with E-state index in [1.54, 1.807) is 0 Å². The van der Waals surface area contributed by atoms with E-state index in [9.17, 15) is 8.78 Å². The topological polar surface area (TPSA) is 35.2 Å². The maximum atomic E-state index is 13.7. The van der Waals surface area contributed by atoms with Gasteiger partial charge < -0.3 is 10.5 Å². The Morgan fingerprint density at radius 3 is 2.25 bits per heavy atom. The highest BCUT2D eigenvalue weighted by atomic mass is 19.1. The molecule has 112 valence electrons. The molecular formula is C16H23F2NO. The van der Waals surface area contributed by atoms with Gasteiger partial charge in [0.15, 0.2) is 0 Å². The van der Waals surface area contributed by atoms with Crippen molar-refractivity contribution in [1.29, 1.82) is 0 Å². The molecule has 0 aromatic heterocycles. The third-order valence-corrected chi connectivity index (χ3v) is 4.16. The molecule has 0 saturated carbocycles. The van der Waals surface area contributed by atoms with Gasteiger partial charge in [0.2, 0.25) is 0 Å². The summed E-state index contributed by atoms with van der Waals surface area (Å²) >= 11 is 0. The van der Waals surface area contributed by atoms with Gasteiger partial charge in [0.25, 0.3) is 0 Å². The molecule has 2 unspecified atom stereocenters. The number of benzene rings is 1. The van der Waals surface area contributed by atoms with E-state index in [4.69, 9.17) is 10.5 Å². The summed E-state index contributed by atoms with van der Waals surface area (Å²) in [6.07, 6.45) is 0.975. The Hall–Kier alpha value is -1.00. The van der Waals surface area contributed by atoms with Crippen LogP contribution in [0.25, 0.3) is 0 Å². The lowest BCUT2D eigenvalue weighted by Gasteiger charge is -2.31. The third kappa shape index (κ3) is 3.01. The average Bonchev–Trinajstić information content (AvgIpc) is 2.52. The van der Waals surface area contributed by atoms with Gasteiger partial charge in [0.1, 0.15) is 11.6 Å². The Morgan fingerprint density at radius 2 is 1.80 bits per heavy atom. The molecule has 20 heavy (non-hydrogen) atoms. The molecule has 1 aromatic rings. The van der Waals surface area contributed by atoms with Crippen molar-refractivity contribution in [2.24, 2.45) is 11.7 Å². The van der Waals surface area contributed by atoms with Crippen LogP contribution in [0.5, 0.6) is 0 Å². The lowest BCUT2D eigenvalue weighted by atomic mass is 9.80. The van der Waals surface area contributed by atoms with Crippen LogP contribution in [0.4, 0.5) is 8.78 Å². The van der Waals surface area contributed by atoms with Gasteiger partial charge >= 0.3 is 0 Å². The van der Waals surface area contributed by atoms with E-state index >= 15 is 0 Å². The SMILES string of the molecule is CC1(C)CC(C(N)Cc2c(F)cccc2F)C(C)(C)O1. The van der Waals surface area contributed by atoms with Crippen LogP contribution in [-0.4, -0.2) is 17.2 Å². The fraction of sp³-hybridized carbons (Fsp3) is 0.625. The summed E-state index contributed by atoms with van der Waals surface area (Å²) in [5.74, 6) is -0.996. The predicted octanol–water partition coefficient (Wildman–Crippen LogP) is 3.43. The minimum absolute atomic E-state index is 0.0662. The molecule has 2 nitrogen and oxygen atoms in total. The quantitative estimate of drug-likeness (QED) is 0.922. The summed E-state index contributed by atoms with van der Waals surface area (Å²) in [5, 5.41) is 0. The lowest BCUT2D eigenvalue weighted by molar-refractivity contribution is -0.0765. The fourth-order valence-electron chi connectivity index (χ4n) is 3.38. The number of halogens is 2. The molecule has 0 bridgehead atoms. The Morgan fingerprint density at radius 1 is 1.25 bits per heavy atom. The van der Waals surface area contributed by atoms with Crippen molar-refractivity contribution < 1.29 is 13.5 Å². The van der Waals surface area contributed by atoms with Crippen LogP contribution in [0.3, 0.4) is 0 Å². The number of hydrogen-bond donors (Lipinski definition) is 1. The zero-order valence-corrected chi connectivity index (χ0v) is 12.5. The molecule has 2 N–H and O–H groups in total. The maximum absolute atomic E-state index is 13.7. The summed E-state index contributed by atoms with van der Waals surface area (Å²) in [5.41, 5.74) is 5.67. The summed E-state index contributed by atoms with van der Waals surface area (Å²) < 4.78 is 33.4. The Kier molecular flexibility index (Phi) is 3.91. The molecule has 1 fully saturated rings. The van der Waals surface area contributed by atoms with Gasteiger partial charge in [-0.25, -0.2) is 8.78 Å². The van der Waals surface area contributed by atoms with Gasteiger partial charge in [-0.05, 0) is 52.7 Å². The van der Waals surface area contributed by atoms with Crippen molar-refractivity contribution in [1.82, 2.24) is 0 Å². The normalized spacial score (nSPS) is 25.6. The van der Waals surface area contributed by atoms with Gasteiger partial charge in [-0.3, -0.25) is 0 Å². The lowest BCUT2D eigenvalue weighted by Crippen LogP contribution is -2.42. The fourth-order valence-corrected chi connectivity index (χ4v) is 3.38. The zero-order valence-electron chi connectivity index (χ0n) is 12.5. The van der Waals surface area contributed by atoms with Crippen molar-refractivity contribution in [3.8, 4) is 0 Å². The van der Waals surface area contributed by atoms with Crippen LogP contribution in [0.15, 0.2) is 18.2 Å². The van der Waals surface area contributed by atoms with Gasteiger partial charge in [-0.15, -0.1) is 0 Å². The van der Waals surface area contributed by atoms with Crippen molar-refractivity contribution in [2.45, 2.75) is 57.8 Å². The first-order valence-electron chi connectivity index (χ1n) is 7.01. The highest BCUT2D eigenvalue weighted by Gasteiger charge is 2.48. The third-order valence-electron chi connectivity index (χ3n) is 4.16. The summed E-state index contributed by atoms with van der Waals surface area (Å²) in [7, 11) is 0. The summed E-state index contributed by atoms with van der Waals surface area (Å²) in [6, 6.07) is 3.57. The van der Waals surface area contributed by atoms with Gasteiger partial charge in [-0.2, -0.15) is 0 Å². The average molecular weight is 283 g/mol. The molecular weight excluding hydrogens is 260 g/mol. The molecule has 2 atom stereocenters. The van der Waals surface area contributed by atoms with Gasteiger partial charge in [0.05, 0.1) is 11.2 Å². The van der Waals surface area contributed by atoms with Crippen LogP contribution in [0, 0.1) is 17.6 Å². The summed E-state index contributed by atoms with van der Waals surface area (Å²) in [4.78, 5) is 0. The Balaban J connectivity index is 2.19. The van der Waals surface area contributed by atoms with E-state index < -0.39 is 11.6 Å². The first kappa shape index (κ1) is 15.4. The first-order valence-corrected chi connectivity index (χ1v) is 7.01. The van der Waals surface area contributed by atoms with E-state index in [0.717, 1.165) is 6.42 Å². The van der Waals surface area contributed by atoms with E-state index in [-0.39, 0.29) is 35.1 Å². The van der Waals surface area contributed by atoms with Crippen LogP contribution in [-0.2, 0) is 11.2 Å². The minimum atomic E-state index is -0.531. The molecule has 0 aliphatic carbocycles. The molecule has 0 radical (unpaired) electrons. The van der Waals surface area contributed by atoms with Crippen LogP contribution < -0.4 is 5.73 Å². The smallest absolute Gasteiger partial charge is 0.129 e. The molecule has 0 amide bonds. The molecule has 1 aromatic carbocycles.